The Morgan fingerprint density at radius 1 is 1.10 bits per heavy atom. The van der Waals surface area contributed by atoms with Crippen LogP contribution in [-0.2, 0) is 19.1 Å². The normalized spacial score (nSPS) is 11.5. The molecule has 0 saturated heterocycles. The van der Waals surface area contributed by atoms with Gasteiger partial charge in [-0.25, -0.2) is 9.07 Å². The van der Waals surface area contributed by atoms with Gasteiger partial charge in [-0.15, -0.1) is 5.10 Å². The number of carbonyl (C=O) groups excluding carboxylic acids is 1. The fourth-order valence-corrected chi connectivity index (χ4v) is 2.88. The molecule has 0 saturated carbocycles. The largest absolute Gasteiger partial charge is 0.435 e. The summed E-state index contributed by atoms with van der Waals surface area (Å²) < 4.78 is 55.0. The van der Waals surface area contributed by atoms with Crippen LogP contribution in [0.5, 0.6) is 0 Å². The van der Waals surface area contributed by atoms with Gasteiger partial charge in [0.05, 0.1) is 5.69 Å². The van der Waals surface area contributed by atoms with Crippen molar-refractivity contribution in [1.82, 2.24) is 19.9 Å². The molecule has 0 aliphatic heterocycles. The van der Waals surface area contributed by atoms with Gasteiger partial charge in [-0.05, 0) is 35.7 Å². The minimum absolute atomic E-state index is 0.104. The number of carbonyl (C=O) groups is 1. The standard InChI is InChI=1S/C20H18F4N4O/c1-3-13-7-9-14(10-8-13)12-27(2)19(29)17-18(20(22,23)24)28(26-25-17)16-6-4-5-15(21)11-16/h4-11H,3,12H2,1-2H3. The van der Waals surface area contributed by atoms with Crippen LogP contribution >= 0.6 is 0 Å². The maximum Gasteiger partial charge on any atom is 0.435 e. The molecule has 0 aliphatic rings. The Morgan fingerprint density at radius 2 is 1.76 bits per heavy atom. The van der Waals surface area contributed by atoms with Crippen LogP contribution in [0.1, 0.15) is 34.2 Å². The van der Waals surface area contributed by atoms with E-state index in [1.54, 1.807) is 0 Å². The van der Waals surface area contributed by atoms with E-state index in [1.165, 1.54) is 19.2 Å². The summed E-state index contributed by atoms with van der Waals surface area (Å²) >= 11 is 0. The van der Waals surface area contributed by atoms with E-state index in [0.717, 1.165) is 34.6 Å². The molecular formula is C20H18F4N4O. The van der Waals surface area contributed by atoms with E-state index >= 15 is 0 Å². The van der Waals surface area contributed by atoms with Crippen LogP contribution in [-0.4, -0.2) is 32.8 Å². The molecule has 0 spiro atoms. The smallest absolute Gasteiger partial charge is 0.336 e. The molecule has 1 heterocycles. The lowest BCUT2D eigenvalue weighted by Crippen LogP contribution is -2.29. The summed E-state index contributed by atoms with van der Waals surface area (Å²) in [5.41, 5.74) is -0.485. The summed E-state index contributed by atoms with van der Waals surface area (Å²) in [6.45, 7) is 2.11. The predicted molar refractivity (Wildman–Crippen MR) is 97.9 cm³/mol. The fraction of sp³-hybridized carbons (Fsp3) is 0.250. The Balaban J connectivity index is 1.93. The van der Waals surface area contributed by atoms with Crippen LogP contribution in [0.3, 0.4) is 0 Å². The molecule has 9 heteroatoms. The fourth-order valence-electron chi connectivity index (χ4n) is 2.88. The van der Waals surface area contributed by atoms with Gasteiger partial charge in [-0.3, -0.25) is 4.79 Å². The zero-order chi connectivity index (χ0) is 21.2. The summed E-state index contributed by atoms with van der Waals surface area (Å²) in [6.07, 6.45) is -4.06. The van der Waals surface area contributed by atoms with Crippen LogP contribution in [0, 0.1) is 5.82 Å². The number of rotatable bonds is 5. The third kappa shape index (κ3) is 4.44. The van der Waals surface area contributed by atoms with Gasteiger partial charge in [0.1, 0.15) is 5.82 Å². The van der Waals surface area contributed by atoms with Gasteiger partial charge in [0.25, 0.3) is 5.91 Å². The molecule has 0 unspecified atom stereocenters. The second-order valence-electron chi connectivity index (χ2n) is 6.51. The van der Waals surface area contributed by atoms with Crippen molar-refractivity contribution in [3.8, 4) is 5.69 Å². The molecule has 3 aromatic rings. The van der Waals surface area contributed by atoms with Crippen molar-refractivity contribution in [3.63, 3.8) is 0 Å². The first-order valence-corrected chi connectivity index (χ1v) is 8.82. The second-order valence-corrected chi connectivity index (χ2v) is 6.51. The number of halogens is 4. The third-order valence-electron chi connectivity index (χ3n) is 4.39. The number of amides is 1. The number of alkyl halides is 3. The lowest BCUT2D eigenvalue weighted by Gasteiger charge is -2.18. The van der Waals surface area contributed by atoms with Gasteiger partial charge in [0.15, 0.2) is 11.4 Å². The van der Waals surface area contributed by atoms with Crippen LogP contribution in [0.2, 0.25) is 0 Å². The van der Waals surface area contributed by atoms with Gasteiger partial charge in [0, 0.05) is 13.6 Å². The number of nitrogens with zero attached hydrogens (tertiary/aromatic N) is 4. The highest BCUT2D eigenvalue weighted by Crippen LogP contribution is 2.33. The van der Waals surface area contributed by atoms with Crippen molar-refractivity contribution in [1.29, 1.82) is 0 Å². The minimum atomic E-state index is -4.91. The number of hydrogen-bond donors (Lipinski definition) is 0. The Kier molecular flexibility index (Phi) is 5.67. The number of hydrogen-bond acceptors (Lipinski definition) is 3. The van der Waals surface area contributed by atoms with Crippen LogP contribution in [0.4, 0.5) is 17.6 Å². The molecule has 5 nitrogen and oxygen atoms in total. The van der Waals surface area contributed by atoms with Crippen LogP contribution in [0.15, 0.2) is 48.5 Å². The molecular weight excluding hydrogens is 388 g/mol. The maximum atomic E-state index is 13.7. The molecule has 0 aliphatic carbocycles. The summed E-state index contributed by atoms with van der Waals surface area (Å²) in [5.74, 6) is -1.66. The summed E-state index contributed by atoms with van der Waals surface area (Å²) in [7, 11) is 1.39. The maximum absolute atomic E-state index is 13.7. The lowest BCUT2D eigenvalue weighted by molar-refractivity contribution is -0.143. The van der Waals surface area contributed by atoms with Crippen molar-refractivity contribution < 1.29 is 22.4 Å². The predicted octanol–water partition coefficient (Wildman–Crippen LogP) is 4.26. The topological polar surface area (TPSA) is 51.0 Å². The molecule has 0 N–H and O–H groups in total. The van der Waals surface area contributed by atoms with Gasteiger partial charge < -0.3 is 4.90 Å². The molecule has 2 aromatic carbocycles. The SMILES string of the molecule is CCc1ccc(CN(C)C(=O)c2nnn(-c3cccc(F)c3)c2C(F)(F)F)cc1. The van der Waals surface area contributed by atoms with Crippen LogP contribution in [0.25, 0.3) is 5.69 Å². The molecule has 3 rings (SSSR count). The van der Waals surface area contributed by atoms with E-state index in [0.29, 0.717) is 4.68 Å². The van der Waals surface area contributed by atoms with Gasteiger partial charge >= 0.3 is 6.18 Å². The summed E-state index contributed by atoms with van der Waals surface area (Å²) in [5, 5.41) is 6.92. The first-order chi connectivity index (χ1) is 13.7. The zero-order valence-corrected chi connectivity index (χ0v) is 15.7. The summed E-state index contributed by atoms with van der Waals surface area (Å²) in [6, 6.07) is 11.9. The van der Waals surface area contributed by atoms with E-state index in [2.05, 4.69) is 10.3 Å². The van der Waals surface area contributed by atoms with Crippen molar-refractivity contribution in [2.75, 3.05) is 7.05 Å². The monoisotopic (exact) mass is 406 g/mol. The average Bonchev–Trinajstić information content (AvgIpc) is 3.13. The molecule has 1 amide bonds. The lowest BCUT2D eigenvalue weighted by atomic mass is 10.1. The Bertz CT molecular complexity index is 1010. The van der Waals surface area contributed by atoms with E-state index in [-0.39, 0.29) is 12.2 Å². The Hall–Kier alpha value is -3.23. The molecule has 152 valence electrons. The first kappa shape index (κ1) is 20.5. The van der Waals surface area contributed by atoms with E-state index < -0.39 is 29.3 Å². The highest BCUT2D eigenvalue weighted by atomic mass is 19.4. The van der Waals surface area contributed by atoms with Crippen molar-refractivity contribution in [2.24, 2.45) is 0 Å². The first-order valence-electron chi connectivity index (χ1n) is 8.82. The quantitative estimate of drug-likeness (QED) is 0.595. The summed E-state index contributed by atoms with van der Waals surface area (Å²) in [4.78, 5) is 13.8. The van der Waals surface area contributed by atoms with Crippen molar-refractivity contribution in [2.45, 2.75) is 26.1 Å². The number of aryl methyl sites for hydroxylation is 1. The molecule has 29 heavy (non-hydrogen) atoms. The molecule has 0 fully saturated rings. The number of aromatic nitrogens is 3. The van der Waals surface area contributed by atoms with Crippen molar-refractivity contribution >= 4 is 5.91 Å². The van der Waals surface area contributed by atoms with Gasteiger partial charge in [0.2, 0.25) is 0 Å². The third-order valence-corrected chi connectivity index (χ3v) is 4.39. The van der Waals surface area contributed by atoms with Gasteiger partial charge in [-0.2, -0.15) is 13.2 Å². The molecule has 0 bridgehead atoms. The zero-order valence-electron chi connectivity index (χ0n) is 15.7. The Morgan fingerprint density at radius 3 is 2.34 bits per heavy atom. The molecule has 0 atom stereocenters. The van der Waals surface area contributed by atoms with E-state index in [1.807, 2.05) is 31.2 Å². The second kappa shape index (κ2) is 8.02. The molecule has 0 radical (unpaired) electrons. The van der Waals surface area contributed by atoms with Gasteiger partial charge in [-0.1, -0.05) is 42.5 Å². The highest BCUT2D eigenvalue weighted by molar-refractivity contribution is 5.93. The van der Waals surface area contributed by atoms with Crippen LogP contribution < -0.4 is 0 Å². The van der Waals surface area contributed by atoms with E-state index in [4.69, 9.17) is 0 Å². The highest BCUT2D eigenvalue weighted by Gasteiger charge is 2.42. The number of benzene rings is 2. The Labute approximate surface area is 164 Å². The van der Waals surface area contributed by atoms with E-state index in [9.17, 15) is 22.4 Å². The molecule has 1 aromatic heterocycles. The average molecular weight is 406 g/mol. The minimum Gasteiger partial charge on any atom is -0.336 e. The van der Waals surface area contributed by atoms with Crippen molar-refractivity contribution in [3.05, 3.63) is 76.9 Å².